The second-order valence-corrected chi connectivity index (χ2v) is 6.07. The Labute approximate surface area is 146 Å². The van der Waals surface area contributed by atoms with Crippen molar-refractivity contribution >= 4 is 28.5 Å². The molecule has 2 aromatic rings. The predicted molar refractivity (Wildman–Crippen MR) is 102 cm³/mol. The van der Waals surface area contributed by atoms with E-state index in [2.05, 4.69) is 53.8 Å². The van der Waals surface area contributed by atoms with Crippen molar-refractivity contribution in [3.63, 3.8) is 0 Å². The standard InChI is InChI=1S/C19H22INO/c1-4-21(5-2)19(22)17-11-10-15(13-20)12-18(17)16-9-7-6-8-14(16)3/h6-12H,4-5,13H2,1-3H3. The minimum Gasteiger partial charge on any atom is -0.339 e. The number of alkyl halides is 1. The number of benzene rings is 2. The van der Waals surface area contributed by atoms with E-state index < -0.39 is 0 Å². The second-order valence-electron chi connectivity index (χ2n) is 5.31. The van der Waals surface area contributed by atoms with Gasteiger partial charge in [-0.3, -0.25) is 4.79 Å². The molecular formula is C19H22INO. The lowest BCUT2D eigenvalue weighted by Crippen LogP contribution is -2.30. The lowest BCUT2D eigenvalue weighted by atomic mass is 9.94. The van der Waals surface area contributed by atoms with Crippen molar-refractivity contribution in [2.75, 3.05) is 13.1 Å². The molecule has 1 amide bonds. The van der Waals surface area contributed by atoms with Gasteiger partial charge in [-0.15, -0.1) is 0 Å². The fourth-order valence-corrected chi connectivity index (χ4v) is 3.11. The number of hydrogen-bond acceptors (Lipinski definition) is 1. The summed E-state index contributed by atoms with van der Waals surface area (Å²) in [5.74, 6) is 0.114. The van der Waals surface area contributed by atoms with Gasteiger partial charge < -0.3 is 4.90 Å². The zero-order chi connectivity index (χ0) is 16.1. The smallest absolute Gasteiger partial charge is 0.254 e. The van der Waals surface area contributed by atoms with Gasteiger partial charge in [0.25, 0.3) is 5.91 Å². The first-order valence-electron chi connectivity index (χ1n) is 7.66. The van der Waals surface area contributed by atoms with E-state index in [1.54, 1.807) is 0 Å². The van der Waals surface area contributed by atoms with Gasteiger partial charge in [0.1, 0.15) is 0 Å². The van der Waals surface area contributed by atoms with Crippen molar-refractivity contribution in [1.29, 1.82) is 0 Å². The average molecular weight is 407 g/mol. The summed E-state index contributed by atoms with van der Waals surface area (Å²) in [6, 6.07) is 14.5. The Morgan fingerprint density at radius 2 is 1.73 bits per heavy atom. The molecule has 0 saturated heterocycles. The highest BCUT2D eigenvalue weighted by molar-refractivity contribution is 14.1. The molecule has 0 aliphatic heterocycles. The summed E-state index contributed by atoms with van der Waals surface area (Å²) in [6.45, 7) is 7.60. The summed E-state index contributed by atoms with van der Waals surface area (Å²) in [5.41, 5.74) is 5.43. The van der Waals surface area contributed by atoms with Gasteiger partial charge >= 0.3 is 0 Å². The fourth-order valence-electron chi connectivity index (χ4n) is 2.64. The van der Waals surface area contributed by atoms with Crippen LogP contribution in [0.4, 0.5) is 0 Å². The number of hydrogen-bond donors (Lipinski definition) is 0. The molecule has 2 aromatic carbocycles. The zero-order valence-corrected chi connectivity index (χ0v) is 15.6. The van der Waals surface area contributed by atoms with Crippen LogP contribution in [0.3, 0.4) is 0 Å². The number of aryl methyl sites for hydroxylation is 1. The Morgan fingerprint density at radius 1 is 1.05 bits per heavy atom. The molecule has 0 atom stereocenters. The van der Waals surface area contributed by atoms with Crippen LogP contribution in [0.1, 0.15) is 35.3 Å². The third-order valence-corrected chi connectivity index (χ3v) is 4.84. The maximum Gasteiger partial charge on any atom is 0.254 e. The summed E-state index contributed by atoms with van der Waals surface area (Å²) in [4.78, 5) is 14.7. The number of nitrogens with zero attached hydrogens (tertiary/aromatic N) is 1. The molecular weight excluding hydrogens is 385 g/mol. The van der Waals surface area contributed by atoms with Crippen molar-refractivity contribution in [2.45, 2.75) is 25.2 Å². The van der Waals surface area contributed by atoms with Gasteiger partial charge in [0.15, 0.2) is 0 Å². The highest BCUT2D eigenvalue weighted by atomic mass is 127. The van der Waals surface area contributed by atoms with E-state index in [1.165, 1.54) is 11.1 Å². The Hall–Kier alpha value is -1.36. The fraction of sp³-hybridized carbons (Fsp3) is 0.316. The molecule has 0 aromatic heterocycles. The van der Waals surface area contributed by atoms with Gasteiger partial charge in [0, 0.05) is 23.1 Å². The van der Waals surface area contributed by atoms with E-state index in [0.717, 1.165) is 34.2 Å². The molecule has 0 fully saturated rings. The number of rotatable bonds is 5. The molecule has 0 unspecified atom stereocenters. The van der Waals surface area contributed by atoms with Crippen molar-refractivity contribution < 1.29 is 4.79 Å². The minimum atomic E-state index is 0.114. The van der Waals surface area contributed by atoms with Crippen molar-refractivity contribution in [1.82, 2.24) is 4.90 Å². The van der Waals surface area contributed by atoms with Gasteiger partial charge in [-0.2, -0.15) is 0 Å². The van der Waals surface area contributed by atoms with Crippen molar-refractivity contribution in [3.8, 4) is 11.1 Å². The van der Waals surface area contributed by atoms with Crippen LogP contribution in [0.25, 0.3) is 11.1 Å². The predicted octanol–water partition coefficient (Wildman–Crippen LogP) is 5.08. The molecule has 0 bridgehead atoms. The van der Waals surface area contributed by atoms with Crippen LogP contribution >= 0.6 is 22.6 Å². The van der Waals surface area contributed by atoms with E-state index in [0.29, 0.717) is 0 Å². The van der Waals surface area contributed by atoms with Crippen molar-refractivity contribution in [3.05, 3.63) is 59.2 Å². The third kappa shape index (κ3) is 3.51. The highest BCUT2D eigenvalue weighted by Crippen LogP contribution is 2.29. The summed E-state index contributed by atoms with van der Waals surface area (Å²) in [7, 11) is 0. The monoisotopic (exact) mass is 407 g/mol. The molecule has 0 radical (unpaired) electrons. The van der Waals surface area contributed by atoms with Crippen LogP contribution in [0.2, 0.25) is 0 Å². The maximum atomic E-state index is 12.8. The van der Waals surface area contributed by atoms with Gasteiger partial charge in [-0.1, -0.05) is 52.9 Å². The van der Waals surface area contributed by atoms with E-state index in [-0.39, 0.29) is 5.91 Å². The molecule has 0 aliphatic carbocycles. The van der Waals surface area contributed by atoms with Gasteiger partial charge in [0.2, 0.25) is 0 Å². The van der Waals surface area contributed by atoms with Gasteiger partial charge in [-0.05, 0) is 55.2 Å². The Bertz CT molecular complexity index is 662. The summed E-state index contributed by atoms with van der Waals surface area (Å²) < 4.78 is 0.941. The van der Waals surface area contributed by atoms with Crippen molar-refractivity contribution in [2.24, 2.45) is 0 Å². The lowest BCUT2D eigenvalue weighted by molar-refractivity contribution is 0.0774. The Morgan fingerprint density at radius 3 is 2.32 bits per heavy atom. The topological polar surface area (TPSA) is 20.3 Å². The lowest BCUT2D eigenvalue weighted by Gasteiger charge is -2.21. The van der Waals surface area contributed by atoms with Gasteiger partial charge in [0.05, 0.1) is 0 Å². The zero-order valence-electron chi connectivity index (χ0n) is 13.4. The molecule has 2 rings (SSSR count). The third-order valence-electron chi connectivity index (χ3n) is 3.95. The molecule has 116 valence electrons. The van der Waals surface area contributed by atoms with E-state index in [4.69, 9.17) is 0 Å². The molecule has 0 heterocycles. The quantitative estimate of drug-likeness (QED) is 0.500. The largest absolute Gasteiger partial charge is 0.339 e. The molecule has 22 heavy (non-hydrogen) atoms. The van der Waals surface area contributed by atoms with Crippen LogP contribution in [0.5, 0.6) is 0 Å². The maximum absolute atomic E-state index is 12.8. The molecule has 0 aliphatic rings. The molecule has 3 heteroatoms. The summed E-state index contributed by atoms with van der Waals surface area (Å²) >= 11 is 2.36. The van der Waals surface area contributed by atoms with E-state index in [9.17, 15) is 4.79 Å². The van der Waals surface area contributed by atoms with E-state index >= 15 is 0 Å². The normalized spacial score (nSPS) is 10.5. The van der Waals surface area contributed by atoms with Crippen LogP contribution < -0.4 is 0 Å². The van der Waals surface area contributed by atoms with Crippen LogP contribution in [0, 0.1) is 6.92 Å². The van der Waals surface area contributed by atoms with Crippen LogP contribution in [-0.4, -0.2) is 23.9 Å². The second kappa shape index (κ2) is 7.77. The van der Waals surface area contributed by atoms with Crippen LogP contribution in [0.15, 0.2) is 42.5 Å². The SMILES string of the molecule is CCN(CC)C(=O)c1ccc(CI)cc1-c1ccccc1C. The summed E-state index contributed by atoms with van der Waals surface area (Å²) in [5, 5.41) is 0. The number of carbonyl (C=O) groups excluding carboxylic acids is 1. The minimum absolute atomic E-state index is 0.114. The highest BCUT2D eigenvalue weighted by Gasteiger charge is 2.18. The summed E-state index contributed by atoms with van der Waals surface area (Å²) in [6.07, 6.45) is 0. The van der Waals surface area contributed by atoms with Crippen LogP contribution in [-0.2, 0) is 4.43 Å². The van der Waals surface area contributed by atoms with E-state index in [1.807, 2.05) is 36.9 Å². The Balaban J connectivity index is 2.60. The molecule has 0 N–H and O–H groups in total. The average Bonchev–Trinajstić information content (AvgIpc) is 2.55. The Kier molecular flexibility index (Phi) is 6.00. The first kappa shape index (κ1) is 17.0. The molecule has 0 saturated carbocycles. The van der Waals surface area contributed by atoms with Gasteiger partial charge in [-0.25, -0.2) is 0 Å². The number of carbonyl (C=O) groups is 1. The first-order valence-corrected chi connectivity index (χ1v) is 9.19. The first-order chi connectivity index (χ1) is 10.6. The number of halogens is 1. The molecule has 0 spiro atoms. The molecule has 2 nitrogen and oxygen atoms in total. The number of amides is 1.